The van der Waals surface area contributed by atoms with Gasteiger partial charge < -0.3 is 14.2 Å². The van der Waals surface area contributed by atoms with Gasteiger partial charge in [0.25, 0.3) is 5.91 Å². The van der Waals surface area contributed by atoms with Crippen LogP contribution in [0.4, 0.5) is 0 Å². The van der Waals surface area contributed by atoms with Crippen LogP contribution in [0, 0.1) is 0 Å². The minimum absolute atomic E-state index is 0.196. The highest BCUT2D eigenvalue weighted by Gasteiger charge is 2.25. The summed E-state index contributed by atoms with van der Waals surface area (Å²) in [6.07, 6.45) is 3.64. The quantitative estimate of drug-likeness (QED) is 0.285. The van der Waals surface area contributed by atoms with Gasteiger partial charge >= 0.3 is 5.97 Å². The average molecular weight is 454 g/mol. The lowest BCUT2D eigenvalue weighted by atomic mass is 10.1. The van der Waals surface area contributed by atoms with E-state index in [9.17, 15) is 9.59 Å². The summed E-state index contributed by atoms with van der Waals surface area (Å²) >= 11 is 1.01. The van der Waals surface area contributed by atoms with E-state index in [0.29, 0.717) is 12.4 Å². The molecule has 0 aromatic heterocycles. The van der Waals surface area contributed by atoms with Gasteiger partial charge in [0.1, 0.15) is 18.1 Å². The number of thioether (sulfide) groups is 1. The molecule has 2 aromatic rings. The molecule has 1 saturated heterocycles. The van der Waals surface area contributed by atoms with Crippen molar-refractivity contribution in [1.29, 1.82) is 0 Å². The summed E-state index contributed by atoms with van der Waals surface area (Å²) in [4.78, 5) is 23.3. The van der Waals surface area contributed by atoms with Gasteiger partial charge in [-0.15, -0.1) is 5.10 Å². The molecule has 1 fully saturated rings. The van der Waals surface area contributed by atoms with Crippen molar-refractivity contribution in [3.63, 3.8) is 0 Å². The Kier molecular flexibility index (Phi) is 8.04. The number of hydrogen-bond donors (Lipinski definition) is 1. The van der Waals surface area contributed by atoms with Crippen LogP contribution in [0.1, 0.15) is 23.6 Å². The van der Waals surface area contributed by atoms with E-state index in [1.807, 2.05) is 42.5 Å². The van der Waals surface area contributed by atoms with Gasteiger partial charge in [0.15, 0.2) is 5.17 Å². The number of aryl methyl sites for hydroxylation is 1. The molecule has 0 spiro atoms. The average Bonchev–Trinajstić information content (AvgIpc) is 3.16. The molecule has 166 valence electrons. The second-order valence-corrected chi connectivity index (χ2v) is 7.63. The molecule has 3 rings (SSSR count). The van der Waals surface area contributed by atoms with E-state index in [2.05, 4.69) is 27.2 Å². The maximum Gasteiger partial charge on any atom is 0.331 e. The topological polar surface area (TPSA) is 98.6 Å². The van der Waals surface area contributed by atoms with Gasteiger partial charge in [0.05, 0.1) is 25.3 Å². The smallest absolute Gasteiger partial charge is 0.331 e. The van der Waals surface area contributed by atoms with Gasteiger partial charge in [0.2, 0.25) is 0 Å². The summed E-state index contributed by atoms with van der Waals surface area (Å²) in [6, 6.07) is 13.5. The lowest BCUT2D eigenvalue weighted by Crippen LogP contribution is -2.19. The molecule has 0 aliphatic carbocycles. The van der Waals surface area contributed by atoms with E-state index in [4.69, 9.17) is 9.47 Å². The normalized spacial score (nSPS) is 15.9. The van der Waals surface area contributed by atoms with Crippen molar-refractivity contribution in [2.45, 2.75) is 20.0 Å². The third-order valence-electron chi connectivity index (χ3n) is 4.49. The summed E-state index contributed by atoms with van der Waals surface area (Å²) in [5.41, 5.74) is 2.89. The van der Waals surface area contributed by atoms with E-state index in [1.54, 1.807) is 13.3 Å². The van der Waals surface area contributed by atoms with E-state index in [1.165, 1.54) is 12.7 Å². The first kappa shape index (κ1) is 23.1. The molecular formula is C23H23N3O5S. The number of ether oxygens (including phenoxy) is 3. The van der Waals surface area contributed by atoms with Crippen molar-refractivity contribution in [2.75, 3.05) is 14.2 Å². The number of amidine groups is 1. The summed E-state index contributed by atoms with van der Waals surface area (Å²) in [6.45, 7) is 2.44. The third kappa shape index (κ3) is 6.21. The van der Waals surface area contributed by atoms with E-state index < -0.39 is 11.9 Å². The molecule has 0 radical (unpaired) electrons. The molecule has 0 saturated carbocycles. The first-order chi connectivity index (χ1) is 15.5. The molecule has 9 heteroatoms. The van der Waals surface area contributed by atoms with Crippen LogP contribution in [0.2, 0.25) is 0 Å². The highest BCUT2D eigenvalue weighted by molar-refractivity contribution is 8.18. The number of nitrogens with one attached hydrogen (secondary N) is 1. The molecule has 1 aliphatic heterocycles. The van der Waals surface area contributed by atoms with Crippen LogP contribution >= 0.6 is 11.8 Å². The van der Waals surface area contributed by atoms with Gasteiger partial charge in [0, 0.05) is 11.6 Å². The van der Waals surface area contributed by atoms with Gasteiger partial charge in [-0.05, 0) is 59.6 Å². The number of nitrogens with zero attached hydrogens (tertiary/aromatic N) is 2. The number of amides is 1. The van der Waals surface area contributed by atoms with Crippen molar-refractivity contribution in [1.82, 2.24) is 5.32 Å². The van der Waals surface area contributed by atoms with Crippen molar-refractivity contribution >= 4 is 35.0 Å². The predicted molar refractivity (Wildman–Crippen MR) is 124 cm³/mol. The zero-order valence-electron chi connectivity index (χ0n) is 18.0. The van der Waals surface area contributed by atoms with Crippen LogP contribution < -0.4 is 14.8 Å². The number of carbonyl (C=O) groups excluding carboxylic acids is 2. The maximum atomic E-state index is 11.8. The monoisotopic (exact) mass is 453 g/mol. The van der Waals surface area contributed by atoms with E-state index in [-0.39, 0.29) is 10.1 Å². The molecule has 32 heavy (non-hydrogen) atoms. The Labute approximate surface area is 190 Å². The Morgan fingerprint density at radius 1 is 1.16 bits per heavy atom. The number of methoxy groups -OCH3 is 2. The van der Waals surface area contributed by atoms with Crippen LogP contribution in [0.5, 0.6) is 11.5 Å². The summed E-state index contributed by atoms with van der Waals surface area (Å²) in [7, 11) is 2.85. The number of esters is 1. The fourth-order valence-electron chi connectivity index (χ4n) is 2.76. The van der Waals surface area contributed by atoms with Crippen LogP contribution in [-0.2, 0) is 27.4 Å². The Morgan fingerprint density at radius 2 is 1.94 bits per heavy atom. The van der Waals surface area contributed by atoms with Crippen LogP contribution in [0.3, 0.4) is 0 Å². The molecule has 1 heterocycles. The van der Waals surface area contributed by atoms with Gasteiger partial charge in [-0.25, -0.2) is 4.79 Å². The fraction of sp³-hybridized carbons (Fsp3) is 0.217. The minimum atomic E-state index is -0.610. The van der Waals surface area contributed by atoms with E-state index in [0.717, 1.165) is 41.1 Å². The third-order valence-corrected chi connectivity index (χ3v) is 5.39. The van der Waals surface area contributed by atoms with Crippen molar-refractivity contribution in [2.24, 2.45) is 10.2 Å². The van der Waals surface area contributed by atoms with E-state index >= 15 is 0 Å². The molecule has 1 aliphatic rings. The highest BCUT2D eigenvalue weighted by Crippen LogP contribution is 2.24. The zero-order valence-corrected chi connectivity index (χ0v) is 18.8. The molecule has 1 N–H and O–H groups in total. The SMILES string of the molecule is CCc1ccc(OCc2cc(C=N/N=C3/NC(=O)/C(=C\C(=O)OC)S3)ccc2OC)cc1. The van der Waals surface area contributed by atoms with Crippen LogP contribution in [0.15, 0.2) is 63.6 Å². The largest absolute Gasteiger partial charge is 0.496 e. The Bertz CT molecular complexity index is 1080. The fourth-order valence-corrected chi connectivity index (χ4v) is 3.50. The first-order valence-corrected chi connectivity index (χ1v) is 10.6. The zero-order chi connectivity index (χ0) is 22.9. The van der Waals surface area contributed by atoms with Gasteiger partial charge in [-0.3, -0.25) is 10.1 Å². The number of benzene rings is 2. The molecule has 2 aromatic carbocycles. The van der Waals surface area contributed by atoms with Crippen molar-refractivity contribution < 1.29 is 23.8 Å². The molecule has 0 atom stereocenters. The molecule has 8 nitrogen and oxygen atoms in total. The maximum absolute atomic E-state index is 11.8. The second kappa shape index (κ2) is 11.1. The van der Waals surface area contributed by atoms with Crippen LogP contribution in [0.25, 0.3) is 0 Å². The molecule has 0 bridgehead atoms. The standard InChI is InChI=1S/C23H23N3O5S/c1-4-15-5-8-18(9-6-15)31-14-17-11-16(7-10-19(17)29-2)13-24-26-23-25-22(28)20(32-23)12-21(27)30-3/h5-13H,4,14H2,1-3H3,(H,25,26,28)/b20-12+,24-13?. The Morgan fingerprint density at radius 3 is 2.62 bits per heavy atom. The van der Waals surface area contributed by atoms with Crippen molar-refractivity contribution in [3.05, 3.63) is 70.1 Å². The Hall–Kier alpha value is -3.59. The predicted octanol–water partition coefficient (Wildman–Crippen LogP) is 3.45. The second-order valence-electron chi connectivity index (χ2n) is 6.60. The van der Waals surface area contributed by atoms with Gasteiger partial charge in [-0.2, -0.15) is 5.10 Å². The van der Waals surface area contributed by atoms with Crippen LogP contribution in [-0.4, -0.2) is 37.5 Å². The Balaban J connectivity index is 1.67. The summed E-state index contributed by atoms with van der Waals surface area (Å²) in [5.74, 6) is 0.446. The molecule has 1 amide bonds. The molecular weight excluding hydrogens is 430 g/mol. The first-order valence-electron chi connectivity index (χ1n) is 9.81. The number of rotatable bonds is 8. The highest BCUT2D eigenvalue weighted by atomic mass is 32.2. The number of hydrogen-bond acceptors (Lipinski definition) is 8. The lowest BCUT2D eigenvalue weighted by molar-refractivity contribution is -0.135. The summed E-state index contributed by atoms with van der Waals surface area (Å²) < 4.78 is 15.8. The molecule has 0 unspecified atom stereocenters. The number of carbonyl (C=O) groups is 2. The minimum Gasteiger partial charge on any atom is -0.496 e. The lowest BCUT2D eigenvalue weighted by Gasteiger charge is -2.11. The van der Waals surface area contributed by atoms with Gasteiger partial charge in [-0.1, -0.05) is 19.1 Å². The van der Waals surface area contributed by atoms with Crippen molar-refractivity contribution in [3.8, 4) is 11.5 Å². The summed E-state index contributed by atoms with van der Waals surface area (Å²) in [5, 5.41) is 10.8.